The Hall–Kier alpha value is -2.43. The smallest absolute Gasteiger partial charge is 0.0751 e. The fourth-order valence-electron chi connectivity index (χ4n) is 3.56. The first-order valence-electron chi connectivity index (χ1n) is 9.65. The first-order valence-corrected chi connectivity index (χ1v) is 9.65. The van der Waals surface area contributed by atoms with Crippen molar-refractivity contribution in [2.24, 2.45) is 0 Å². The van der Waals surface area contributed by atoms with E-state index in [1.807, 2.05) is 12.3 Å². The number of aromatic nitrogens is 1. The molecule has 4 nitrogen and oxygen atoms in total. The van der Waals surface area contributed by atoms with Crippen molar-refractivity contribution in [2.45, 2.75) is 39.0 Å². The largest absolute Gasteiger partial charge is 0.381 e. The van der Waals surface area contributed by atoms with Crippen molar-refractivity contribution in [3.05, 3.63) is 71.4 Å². The zero-order chi connectivity index (χ0) is 18.5. The molecule has 1 aliphatic rings. The predicted molar refractivity (Wildman–Crippen MR) is 109 cm³/mol. The van der Waals surface area contributed by atoms with Crippen molar-refractivity contribution < 1.29 is 9.47 Å². The van der Waals surface area contributed by atoms with Crippen LogP contribution in [0.25, 0.3) is 10.9 Å². The van der Waals surface area contributed by atoms with Crippen LogP contribution >= 0.6 is 0 Å². The second-order valence-electron chi connectivity index (χ2n) is 7.13. The summed E-state index contributed by atoms with van der Waals surface area (Å²) in [6.07, 6.45) is 4.19. The summed E-state index contributed by atoms with van der Waals surface area (Å²) in [5.74, 6) is 0. The van der Waals surface area contributed by atoms with Crippen LogP contribution in [0.5, 0.6) is 0 Å². The molecule has 2 aromatic carbocycles. The van der Waals surface area contributed by atoms with Gasteiger partial charge in [-0.1, -0.05) is 42.5 Å². The zero-order valence-corrected chi connectivity index (χ0v) is 15.8. The fourth-order valence-corrected chi connectivity index (χ4v) is 3.56. The van der Waals surface area contributed by atoms with Gasteiger partial charge >= 0.3 is 0 Å². The van der Waals surface area contributed by atoms with Gasteiger partial charge in [0.25, 0.3) is 0 Å². The molecule has 140 valence electrons. The lowest BCUT2D eigenvalue weighted by Crippen LogP contribution is -2.23. The van der Waals surface area contributed by atoms with Crippen LogP contribution in [0, 0.1) is 6.92 Å². The normalized spacial score (nSPS) is 15.1. The number of fused-ring (bicyclic) bond motifs is 1. The van der Waals surface area contributed by atoms with Gasteiger partial charge in [-0.3, -0.25) is 4.98 Å². The van der Waals surface area contributed by atoms with Crippen molar-refractivity contribution >= 4 is 16.6 Å². The lowest BCUT2D eigenvalue weighted by atomic mass is 10.1. The molecule has 0 bridgehead atoms. The molecule has 3 aromatic rings. The van der Waals surface area contributed by atoms with Crippen LogP contribution < -0.4 is 5.32 Å². The number of anilines is 1. The standard InChI is InChI=1S/C23H26N2O2/c1-17-4-2-7-21-22(8-11-24-23(17)21)25-15-18-5-3-6-19(14-18)16-27-20-9-12-26-13-10-20/h2-8,11,14,20H,9-10,12-13,15-16H2,1H3,(H,24,25). The summed E-state index contributed by atoms with van der Waals surface area (Å²) >= 11 is 0. The molecule has 4 rings (SSSR count). The molecule has 0 unspecified atom stereocenters. The number of rotatable bonds is 6. The highest BCUT2D eigenvalue weighted by molar-refractivity contribution is 5.92. The number of ether oxygens (including phenoxy) is 2. The van der Waals surface area contributed by atoms with Gasteiger partial charge < -0.3 is 14.8 Å². The van der Waals surface area contributed by atoms with E-state index in [1.54, 1.807) is 0 Å². The van der Waals surface area contributed by atoms with E-state index in [0.29, 0.717) is 12.7 Å². The highest BCUT2D eigenvalue weighted by Gasteiger charge is 2.14. The van der Waals surface area contributed by atoms with Crippen molar-refractivity contribution in [3.63, 3.8) is 0 Å². The Kier molecular flexibility index (Phi) is 5.66. The Labute approximate surface area is 160 Å². The fraction of sp³-hybridized carbons (Fsp3) is 0.348. The van der Waals surface area contributed by atoms with Gasteiger partial charge in [-0.15, -0.1) is 0 Å². The molecule has 1 aromatic heterocycles. The molecular formula is C23H26N2O2. The van der Waals surface area contributed by atoms with E-state index in [-0.39, 0.29) is 0 Å². The van der Waals surface area contributed by atoms with Crippen LogP contribution in [0.2, 0.25) is 0 Å². The topological polar surface area (TPSA) is 43.4 Å². The van der Waals surface area contributed by atoms with Gasteiger partial charge in [-0.25, -0.2) is 0 Å². The Morgan fingerprint density at radius 3 is 2.78 bits per heavy atom. The molecule has 1 fully saturated rings. The minimum Gasteiger partial charge on any atom is -0.381 e. The van der Waals surface area contributed by atoms with Gasteiger partial charge in [0.2, 0.25) is 0 Å². The Balaban J connectivity index is 1.41. The van der Waals surface area contributed by atoms with Crippen LogP contribution in [0.15, 0.2) is 54.7 Å². The minimum absolute atomic E-state index is 0.326. The van der Waals surface area contributed by atoms with Gasteiger partial charge in [0.15, 0.2) is 0 Å². The van der Waals surface area contributed by atoms with Crippen LogP contribution in [0.4, 0.5) is 5.69 Å². The lowest BCUT2D eigenvalue weighted by Gasteiger charge is -2.22. The van der Waals surface area contributed by atoms with Crippen molar-refractivity contribution in [1.29, 1.82) is 0 Å². The number of hydrogen-bond donors (Lipinski definition) is 1. The van der Waals surface area contributed by atoms with Gasteiger partial charge in [0.1, 0.15) is 0 Å². The Morgan fingerprint density at radius 2 is 1.89 bits per heavy atom. The Morgan fingerprint density at radius 1 is 1.07 bits per heavy atom. The second-order valence-corrected chi connectivity index (χ2v) is 7.13. The van der Waals surface area contributed by atoms with Crippen LogP contribution in [-0.4, -0.2) is 24.3 Å². The molecule has 2 heterocycles. The molecule has 0 aliphatic carbocycles. The zero-order valence-electron chi connectivity index (χ0n) is 15.8. The monoisotopic (exact) mass is 362 g/mol. The number of nitrogens with zero attached hydrogens (tertiary/aromatic N) is 1. The molecule has 0 radical (unpaired) electrons. The summed E-state index contributed by atoms with van der Waals surface area (Å²) < 4.78 is 11.4. The highest BCUT2D eigenvalue weighted by atomic mass is 16.5. The van der Waals surface area contributed by atoms with Crippen LogP contribution in [0.1, 0.15) is 29.5 Å². The molecule has 0 spiro atoms. The van der Waals surface area contributed by atoms with Crippen molar-refractivity contribution in [3.8, 4) is 0 Å². The SMILES string of the molecule is Cc1cccc2c(NCc3cccc(COC4CCOCC4)c3)ccnc12. The number of hydrogen-bond acceptors (Lipinski definition) is 4. The number of para-hydroxylation sites is 1. The molecule has 0 atom stereocenters. The number of benzene rings is 2. The van der Waals surface area contributed by atoms with E-state index in [1.165, 1.54) is 16.7 Å². The summed E-state index contributed by atoms with van der Waals surface area (Å²) in [7, 11) is 0. The molecule has 1 aliphatic heterocycles. The van der Waals surface area contributed by atoms with Crippen LogP contribution in [0.3, 0.4) is 0 Å². The molecule has 0 saturated carbocycles. The van der Waals surface area contributed by atoms with Gasteiger partial charge in [0, 0.05) is 37.0 Å². The predicted octanol–water partition coefficient (Wildman–Crippen LogP) is 4.85. The summed E-state index contributed by atoms with van der Waals surface area (Å²) in [5.41, 5.74) is 5.84. The lowest BCUT2D eigenvalue weighted by molar-refractivity contribution is -0.0390. The van der Waals surface area contributed by atoms with Crippen LogP contribution in [-0.2, 0) is 22.6 Å². The van der Waals surface area contributed by atoms with E-state index < -0.39 is 0 Å². The average Bonchev–Trinajstić information content (AvgIpc) is 2.72. The number of pyridine rings is 1. The third-order valence-corrected chi connectivity index (χ3v) is 5.10. The summed E-state index contributed by atoms with van der Waals surface area (Å²) in [5, 5.41) is 4.73. The minimum atomic E-state index is 0.326. The van der Waals surface area contributed by atoms with Crippen molar-refractivity contribution in [2.75, 3.05) is 18.5 Å². The van der Waals surface area contributed by atoms with E-state index in [0.717, 1.165) is 49.2 Å². The van der Waals surface area contributed by atoms with Gasteiger partial charge in [-0.2, -0.15) is 0 Å². The first-order chi connectivity index (χ1) is 13.3. The molecule has 27 heavy (non-hydrogen) atoms. The van der Waals surface area contributed by atoms with Crippen molar-refractivity contribution in [1.82, 2.24) is 4.98 Å². The average molecular weight is 362 g/mol. The quantitative estimate of drug-likeness (QED) is 0.681. The highest BCUT2D eigenvalue weighted by Crippen LogP contribution is 2.24. The molecular weight excluding hydrogens is 336 g/mol. The first kappa shape index (κ1) is 18.0. The van der Waals surface area contributed by atoms with Gasteiger partial charge in [-0.05, 0) is 42.5 Å². The summed E-state index contributed by atoms with van der Waals surface area (Å²) in [6, 6.07) is 17.0. The summed E-state index contributed by atoms with van der Waals surface area (Å²) in [6.45, 7) is 5.16. The second kappa shape index (κ2) is 8.51. The van der Waals surface area contributed by atoms with E-state index in [9.17, 15) is 0 Å². The number of nitrogens with one attached hydrogen (secondary N) is 1. The van der Waals surface area contributed by atoms with E-state index in [4.69, 9.17) is 9.47 Å². The van der Waals surface area contributed by atoms with E-state index in [2.05, 4.69) is 59.7 Å². The van der Waals surface area contributed by atoms with Gasteiger partial charge in [0.05, 0.1) is 18.2 Å². The summed E-state index contributed by atoms with van der Waals surface area (Å²) in [4.78, 5) is 4.51. The van der Waals surface area contributed by atoms with E-state index >= 15 is 0 Å². The maximum absolute atomic E-state index is 6.05. The maximum atomic E-state index is 6.05. The molecule has 1 N–H and O–H groups in total. The third-order valence-electron chi connectivity index (χ3n) is 5.10. The number of aryl methyl sites for hydroxylation is 1. The maximum Gasteiger partial charge on any atom is 0.0751 e. The molecule has 0 amide bonds. The molecule has 4 heteroatoms. The third kappa shape index (κ3) is 4.46. The Bertz CT molecular complexity index is 904. The molecule has 1 saturated heterocycles.